The van der Waals surface area contributed by atoms with Crippen molar-refractivity contribution in [2.75, 3.05) is 13.2 Å². The van der Waals surface area contributed by atoms with Crippen LogP contribution in [0, 0.1) is 46.3 Å². The predicted octanol–water partition coefficient (Wildman–Crippen LogP) is -0.265. The molecule has 4 aliphatic carbocycles. The number of carbonyl (C=O) groups excluding carboxylic acids is 1. The summed E-state index contributed by atoms with van der Waals surface area (Å²) in [5, 5.41) is 86.4. The highest BCUT2D eigenvalue weighted by Gasteiger charge is 2.77. The summed E-state index contributed by atoms with van der Waals surface area (Å²) in [5.41, 5.74) is -1.97. The zero-order valence-corrected chi connectivity index (χ0v) is 32.0. The Hall–Kier alpha value is -0.890. The molecule has 0 aromatic carbocycles. The van der Waals surface area contributed by atoms with E-state index >= 15 is 0 Å². The van der Waals surface area contributed by atoms with Crippen LogP contribution in [0.15, 0.2) is 0 Å². The van der Waals surface area contributed by atoms with Gasteiger partial charge in [0.2, 0.25) is 0 Å². The molecule has 8 fully saturated rings. The SMILES string of the molecule is CC1COC2(CC1O)OC1CC3C4CC(=O)C5CC(OC6OC(CO)C(O)C(O)C6OC6OC(C)C(O)C(O)C6O)CCC5(C)C4CCC3(C)C1(O)C2C. The molecule has 0 amide bonds. The summed E-state index contributed by atoms with van der Waals surface area (Å²) in [6.45, 7) is 9.60. The highest BCUT2D eigenvalue weighted by molar-refractivity contribution is 5.83. The molecule has 8 aliphatic rings. The summed E-state index contributed by atoms with van der Waals surface area (Å²) in [4.78, 5) is 14.3. The van der Waals surface area contributed by atoms with E-state index in [4.69, 9.17) is 28.4 Å². The van der Waals surface area contributed by atoms with Gasteiger partial charge in [-0.3, -0.25) is 4.79 Å². The number of carbonyl (C=O) groups is 1. The first-order valence-corrected chi connectivity index (χ1v) is 20.3. The molecule has 1 spiro atoms. The summed E-state index contributed by atoms with van der Waals surface area (Å²) in [6, 6.07) is 0. The normalized spacial score (nSPS) is 60.1. The number of ether oxygens (including phenoxy) is 6. The van der Waals surface area contributed by atoms with Gasteiger partial charge in [0.1, 0.15) is 54.1 Å². The minimum atomic E-state index is -1.68. The van der Waals surface area contributed by atoms with E-state index < -0.39 is 103 Å². The largest absolute Gasteiger partial charge is 0.394 e. The molecule has 308 valence electrons. The summed E-state index contributed by atoms with van der Waals surface area (Å²) in [7, 11) is 0. The van der Waals surface area contributed by atoms with Crippen LogP contribution in [-0.2, 0) is 33.2 Å². The first kappa shape index (κ1) is 39.9. The fourth-order valence-electron chi connectivity index (χ4n) is 12.8. The van der Waals surface area contributed by atoms with Crippen molar-refractivity contribution in [1.29, 1.82) is 0 Å². The topological polar surface area (TPSA) is 234 Å². The Bertz CT molecular complexity index is 1420. The maximum absolute atomic E-state index is 14.3. The molecule has 54 heavy (non-hydrogen) atoms. The van der Waals surface area contributed by atoms with Crippen LogP contribution in [0.5, 0.6) is 0 Å². The first-order valence-electron chi connectivity index (χ1n) is 20.3. The standard InChI is InChI=1S/C39H62O15/c1-16-15-49-38(13-25(16)42)18(3)39(48)27(54-38)12-22-20-11-24(41)23-10-19(6-8-36(23,4)21(20)7-9-37(22,39)5)51-35-33(31(46)29(44)26(14-40)52-35)53-34-32(47)30(45)28(43)17(2)50-34/h16-23,25-35,40,42-48H,6-15H2,1-5H3. The molecule has 23 unspecified atom stereocenters. The lowest BCUT2D eigenvalue weighted by Crippen LogP contribution is -2.64. The molecule has 23 atom stereocenters. The van der Waals surface area contributed by atoms with Crippen molar-refractivity contribution in [3.8, 4) is 0 Å². The molecule has 4 aliphatic heterocycles. The van der Waals surface area contributed by atoms with E-state index in [9.17, 15) is 45.6 Å². The third-order valence-corrected chi connectivity index (χ3v) is 16.3. The Balaban J connectivity index is 0.976. The van der Waals surface area contributed by atoms with Gasteiger partial charge >= 0.3 is 0 Å². The van der Waals surface area contributed by atoms with Crippen molar-refractivity contribution in [2.45, 2.75) is 177 Å². The van der Waals surface area contributed by atoms with E-state index in [1.54, 1.807) is 0 Å². The van der Waals surface area contributed by atoms with Gasteiger partial charge in [0.25, 0.3) is 0 Å². The number of hydrogen-bond donors (Lipinski definition) is 8. The van der Waals surface area contributed by atoms with Gasteiger partial charge in [-0.25, -0.2) is 0 Å². The molecule has 0 aromatic heterocycles. The second-order valence-electron chi connectivity index (χ2n) is 18.8. The molecule has 8 rings (SSSR count). The number of rotatable bonds is 5. The van der Waals surface area contributed by atoms with Gasteiger partial charge in [0, 0.05) is 36.0 Å². The molecule has 4 heterocycles. The fourth-order valence-corrected chi connectivity index (χ4v) is 12.8. The highest BCUT2D eigenvalue weighted by Crippen LogP contribution is 2.72. The van der Waals surface area contributed by atoms with Crippen LogP contribution in [0.3, 0.4) is 0 Å². The molecule has 4 saturated carbocycles. The van der Waals surface area contributed by atoms with Crippen LogP contribution in [0.1, 0.15) is 86.0 Å². The summed E-state index contributed by atoms with van der Waals surface area (Å²) in [5.74, 6) is -1.16. The zero-order valence-electron chi connectivity index (χ0n) is 32.0. The van der Waals surface area contributed by atoms with Gasteiger partial charge in [0.15, 0.2) is 18.4 Å². The molecule has 8 N–H and O–H groups in total. The lowest BCUT2D eigenvalue weighted by atomic mass is 9.43. The van der Waals surface area contributed by atoms with Gasteiger partial charge in [-0.1, -0.05) is 27.7 Å². The quantitative estimate of drug-likeness (QED) is 0.168. The van der Waals surface area contributed by atoms with Crippen molar-refractivity contribution in [3.63, 3.8) is 0 Å². The van der Waals surface area contributed by atoms with Crippen LogP contribution < -0.4 is 0 Å². The molecule has 0 bridgehead atoms. The average molecular weight is 771 g/mol. The second-order valence-corrected chi connectivity index (χ2v) is 18.8. The average Bonchev–Trinajstić information content (AvgIpc) is 3.49. The Labute approximate surface area is 316 Å². The molecule has 4 saturated heterocycles. The molecule has 15 heteroatoms. The van der Waals surface area contributed by atoms with Crippen LogP contribution in [0.25, 0.3) is 0 Å². The van der Waals surface area contributed by atoms with Gasteiger partial charge in [0.05, 0.1) is 37.6 Å². The molecule has 0 radical (unpaired) electrons. The van der Waals surface area contributed by atoms with E-state index in [0.717, 1.165) is 12.8 Å². The Morgan fingerprint density at radius 3 is 2.28 bits per heavy atom. The van der Waals surface area contributed by atoms with Crippen molar-refractivity contribution in [3.05, 3.63) is 0 Å². The lowest BCUT2D eigenvalue weighted by Gasteiger charge is -2.61. The van der Waals surface area contributed by atoms with E-state index in [-0.39, 0.29) is 46.7 Å². The van der Waals surface area contributed by atoms with Gasteiger partial charge in [-0.15, -0.1) is 0 Å². The zero-order chi connectivity index (χ0) is 38.9. The number of aliphatic hydroxyl groups excluding tert-OH is 7. The highest BCUT2D eigenvalue weighted by atomic mass is 16.8. The third kappa shape index (κ3) is 5.70. The molecular weight excluding hydrogens is 708 g/mol. The summed E-state index contributed by atoms with van der Waals surface area (Å²) in [6.07, 6.45) is -11.1. The minimum absolute atomic E-state index is 0.00968. The molecule has 0 aromatic rings. The van der Waals surface area contributed by atoms with E-state index in [2.05, 4.69) is 13.8 Å². The number of aliphatic hydroxyl groups is 8. The van der Waals surface area contributed by atoms with Crippen LogP contribution in [0.2, 0.25) is 0 Å². The van der Waals surface area contributed by atoms with Gasteiger partial charge in [-0.05, 0) is 68.6 Å². The van der Waals surface area contributed by atoms with E-state index in [1.807, 2.05) is 13.8 Å². The molecule has 15 nitrogen and oxygen atoms in total. The van der Waals surface area contributed by atoms with Crippen LogP contribution in [-0.4, -0.2) is 151 Å². The van der Waals surface area contributed by atoms with Crippen molar-refractivity contribution in [2.24, 2.45) is 46.3 Å². The lowest BCUT2D eigenvalue weighted by molar-refractivity contribution is -0.370. The van der Waals surface area contributed by atoms with Crippen LogP contribution >= 0.6 is 0 Å². The van der Waals surface area contributed by atoms with E-state index in [0.29, 0.717) is 45.1 Å². The minimum Gasteiger partial charge on any atom is -0.394 e. The number of Topliss-reactive ketones (excluding diaryl/α,β-unsaturated/α-hetero) is 1. The van der Waals surface area contributed by atoms with E-state index in [1.165, 1.54) is 6.92 Å². The Morgan fingerprint density at radius 2 is 1.57 bits per heavy atom. The van der Waals surface area contributed by atoms with Crippen molar-refractivity contribution >= 4 is 5.78 Å². The number of ketones is 1. The summed E-state index contributed by atoms with van der Waals surface area (Å²) >= 11 is 0. The smallest absolute Gasteiger partial charge is 0.187 e. The molecular formula is C39H62O15. The second kappa shape index (κ2) is 13.9. The summed E-state index contributed by atoms with van der Waals surface area (Å²) < 4.78 is 36.9. The fraction of sp³-hybridized carbons (Fsp3) is 0.974. The Morgan fingerprint density at radius 1 is 0.833 bits per heavy atom. The van der Waals surface area contributed by atoms with Crippen LogP contribution in [0.4, 0.5) is 0 Å². The number of fused-ring (bicyclic) bond motifs is 7. The van der Waals surface area contributed by atoms with Crippen molar-refractivity contribution in [1.82, 2.24) is 0 Å². The maximum atomic E-state index is 14.3. The third-order valence-electron chi connectivity index (χ3n) is 16.3. The van der Waals surface area contributed by atoms with Gasteiger partial charge < -0.3 is 69.3 Å². The Kier molecular flexibility index (Phi) is 10.2. The maximum Gasteiger partial charge on any atom is 0.187 e. The first-order chi connectivity index (χ1) is 25.4. The monoisotopic (exact) mass is 770 g/mol. The van der Waals surface area contributed by atoms with Crippen molar-refractivity contribution < 1.29 is 74.1 Å². The number of hydrogen-bond acceptors (Lipinski definition) is 15. The van der Waals surface area contributed by atoms with Gasteiger partial charge in [-0.2, -0.15) is 0 Å². The predicted molar refractivity (Wildman–Crippen MR) is 185 cm³/mol.